The van der Waals surface area contributed by atoms with Gasteiger partial charge in [0.15, 0.2) is 0 Å². The van der Waals surface area contributed by atoms with Gasteiger partial charge in [-0.2, -0.15) is 4.98 Å². The van der Waals surface area contributed by atoms with E-state index in [4.69, 9.17) is 9.72 Å². The van der Waals surface area contributed by atoms with Crippen LogP contribution in [0.15, 0.2) is 12.3 Å². The lowest BCUT2D eigenvalue weighted by molar-refractivity contribution is 0.188. The fourth-order valence-corrected chi connectivity index (χ4v) is 3.49. The van der Waals surface area contributed by atoms with Gasteiger partial charge >= 0.3 is 0 Å². The highest BCUT2D eigenvalue weighted by molar-refractivity contribution is 5.44. The third kappa shape index (κ3) is 3.93. The van der Waals surface area contributed by atoms with Gasteiger partial charge in [0.25, 0.3) is 0 Å². The molecular weight excluding hydrogens is 290 g/mol. The molecule has 0 radical (unpaired) electrons. The van der Waals surface area contributed by atoms with Crippen LogP contribution >= 0.6 is 0 Å². The monoisotopic (exact) mass is 319 g/mol. The van der Waals surface area contributed by atoms with E-state index in [0.29, 0.717) is 30.7 Å². The van der Waals surface area contributed by atoms with Gasteiger partial charge in [-0.3, -0.25) is 0 Å². The molecule has 2 N–H and O–H groups in total. The second-order valence-electron chi connectivity index (χ2n) is 7.04. The molecule has 0 spiro atoms. The summed E-state index contributed by atoms with van der Waals surface area (Å²) in [5.41, 5.74) is 0. The molecule has 0 aliphatic carbocycles. The van der Waals surface area contributed by atoms with E-state index in [1.807, 2.05) is 12.3 Å². The van der Waals surface area contributed by atoms with Gasteiger partial charge in [0, 0.05) is 12.2 Å². The highest BCUT2D eigenvalue weighted by Gasteiger charge is 2.29. The number of hydrogen-bond donors (Lipinski definition) is 2. The van der Waals surface area contributed by atoms with E-state index < -0.39 is 0 Å². The van der Waals surface area contributed by atoms with Crippen LogP contribution in [-0.4, -0.2) is 48.5 Å². The number of nitrogens with zero attached hydrogens (tertiary/aromatic N) is 3. The number of piperidine rings is 1. The van der Waals surface area contributed by atoms with Crippen LogP contribution in [0, 0.1) is 11.8 Å². The molecule has 0 aromatic carbocycles. The summed E-state index contributed by atoms with van der Waals surface area (Å²) in [6.45, 7) is 10.3. The molecule has 6 nitrogen and oxygen atoms in total. The predicted octanol–water partition coefficient (Wildman–Crippen LogP) is 2.10. The zero-order valence-corrected chi connectivity index (χ0v) is 14.5. The summed E-state index contributed by atoms with van der Waals surface area (Å²) < 4.78 is 5.64. The molecule has 0 amide bonds. The maximum Gasteiger partial charge on any atom is 0.224 e. The number of ether oxygens (including phenoxy) is 1. The van der Waals surface area contributed by atoms with Gasteiger partial charge in [0.05, 0.1) is 12.6 Å². The van der Waals surface area contributed by atoms with Crippen molar-refractivity contribution in [3.05, 3.63) is 12.3 Å². The molecule has 0 unspecified atom stereocenters. The van der Waals surface area contributed by atoms with Crippen LogP contribution in [0.2, 0.25) is 0 Å². The molecule has 6 heteroatoms. The molecule has 1 aromatic heterocycles. The first-order valence-corrected chi connectivity index (χ1v) is 8.80. The first kappa shape index (κ1) is 16.5. The van der Waals surface area contributed by atoms with E-state index in [1.54, 1.807) is 0 Å². The van der Waals surface area contributed by atoms with Crippen LogP contribution in [0.4, 0.5) is 11.8 Å². The van der Waals surface area contributed by atoms with Gasteiger partial charge in [0.2, 0.25) is 5.95 Å². The number of aromatic nitrogens is 2. The van der Waals surface area contributed by atoms with Crippen molar-refractivity contribution in [3.8, 4) is 0 Å². The molecule has 1 aromatic rings. The second-order valence-corrected chi connectivity index (χ2v) is 7.04. The summed E-state index contributed by atoms with van der Waals surface area (Å²) >= 11 is 0. The maximum absolute atomic E-state index is 5.64. The van der Waals surface area contributed by atoms with Crippen molar-refractivity contribution in [1.82, 2.24) is 15.3 Å². The number of rotatable bonds is 5. The van der Waals surface area contributed by atoms with Gasteiger partial charge in [-0.1, -0.05) is 13.8 Å². The minimum atomic E-state index is 0.389. The third-order valence-electron chi connectivity index (χ3n) is 5.07. The molecule has 2 atom stereocenters. The Labute approximate surface area is 139 Å². The SMILES string of the molecule is CC(C)[C@H]1COCN1c1ccnc(N[C@@H](C)C2CCNCC2)n1. The average Bonchev–Trinajstić information content (AvgIpc) is 3.06. The molecule has 0 saturated carbocycles. The number of hydrogen-bond acceptors (Lipinski definition) is 6. The number of nitrogens with one attached hydrogen (secondary N) is 2. The predicted molar refractivity (Wildman–Crippen MR) is 92.6 cm³/mol. The van der Waals surface area contributed by atoms with Crippen LogP contribution in [0.3, 0.4) is 0 Å². The van der Waals surface area contributed by atoms with Crippen LogP contribution in [0.5, 0.6) is 0 Å². The van der Waals surface area contributed by atoms with E-state index in [2.05, 4.69) is 41.3 Å². The molecule has 3 heterocycles. The summed E-state index contributed by atoms with van der Waals surface area (Å²) in [7, 11) is 0. The first-order valence-electron chi connectivity index (χ1n) is 8.80. The highest BCUT2D eigenvalue weighted by Crippen LogP contribution is 2.25. The Bertz CT molecular complexity index is 504. The van der Waals surface area contributed by atoms with Crippen molar-refractivity contribution in [3.63, 3.8) is 0 Å². The Morgan fingerprint density at radius 3 is 2.83 bits per heavy atom. The first-order chi connectivity index (χ1) is 11.1. The molecule has 23 heavy (non-hydrogen) atoms. The summed E-state index contributed by atoms with van der Waals surface area (Å²) in [5.74, 6) is 2.90. The standard InChI is InChI=1S/C17H29N5O/c1-12(2)15-10-23-11-22(15)16-6-9-19-17(21-16)20-13(3)14-4-7-18-8-5-14/h6,9,12-15,18H,4-5,7-8,10-11H2,1-3H3,(H,19,20,21)/t13-,15+/m0/s1. The zero-order chi connectivity index (χ0) is 16.2. The van der Waals surface area contributed by atoms with Gasteiger partial charge in [-0.15, -0.1) is 0 Å². The van der Waals surface area contributed by atoms with Crippen molar-refractivity contribution in [2.75, 3.05) is 36.6 Å². The lowest BCUT2D eigenvalue weighted by Gasteiger charge is -2.29. The molecule has 0 bridgehead atoms. The Morgan fingerprint density at radius 2 is 2.09 bits per heavy atom. The van der Waals surface area contributed by atoms with E-state index in [1.165, 1.54) is 12.8 Å². The largest absolute Gasteiger partial charge is 0.359 e. The summed E-state index contributed by atoms with van der Waals surface area (Å²) in [5, 5.41) is 6.92. The normalized spacial score (nSPS) is 24.2. The van der Waals surface area contributed by atoms with Crippen molar-refractivity contribution in [2.45, 2.75) is 45.7 Å². The van der Waals surface area contributed by atoms with Crippen LogP contribution in [-0.2, 0) is 4.74 Å². The average molecular weight is 319 g/mol. The van der Waals surface area contributed by atoms with Gasteiger partial charge in [0.1, 0.15) is 12.5 Å². The Balaban J connectivity index is 1.67. The van der Waals surface area contributed by atoms with E-state index >= 15 is 0 Å². The quantitative estimate of drug-likeness (QED) is 0.866. The fraction of sp³-hybridized carbons (Fsp3) is 0.765. The van der Waals surface area contributed by atoms with E-state index in [0.717, 1.165) is 31.5 Å². The molecule has 128 valence electrons. The van der Waals surface area contributed by atoms with Crippen LogP contribution < -0.4 is 15.5 Å². The molecule has 2 fully saturated rings. The fourth-order valence-electron chi connectivity index (χ4n) is 3.49. The minimum absolute atomic E-state index is 0.389. The molecule has 2 aliphatic rings. The Morgan fingerprint density at radius 1 is 1.30 bits per heavy atom. The van der Waals surface area contributed by atoms with Crippen molar-refractivity contribution in [1.29, 1.82) is 0 Å². The lowest BCUT2D eigenvalue weighted by atomic mass is 9.91. The van der Waals surface area contributed by atoms with Crippen LogP contribution in [0.25, 0.3) is 0 Å². The third-order valence-corrected chi connectivity index (χ3v) is 5.07. The smallest absolute Gasteiger partial charge is 0.224 e. The maximum atomic E-state index is 5.64. The molecule has 3 rings (SSSR count). The van der Waals surface area contributed by atoms with Crippen molar-refractivity contribution in [2.24, 2.45) is 11.8 Å². The van der Waals surface area contributed by atoms with E-state index in [9.17, 15) is 0 Å². The van der Waals surface area contributed by atoms with Gasteiger partial charge < -0.3 is 20.3 Å². The lowest BCUT2D eigenvalue weighted by Crippen LogP contribution is -2.37. The Kier molecular flexibility index (Phi) is 5.33. The van der Waals surface area contributed by atoms with E-state index in [-0.39, 0.29) is 0 Å². The van der Waals surface area contributed by atoms with Crippen molar-refractivity contribution >= 4 is 11.8 Å². The summed E-state index contributed by atoms with van der Waals surface area (Å²) in [4.78, 5) is 11.4. The molecular formula is C17H29N5O. The number of anilines is 2. The topological polar surface area (TPSA) is 62.3 Å². The van der Waals surface area contributed by atoms with Crippen molar-refractivity contribution < 1.29 is 4.74 Å². The highest BCUT2D eigenvalue weighted by atomic mass is 16.5. The second kappa shape index (κ2) is 7.45. The van der Waals surface area contributed by atoms with Gasteiger partial charge in [-0.25, -0.2) is 4.98 Å². The van der Waals surface area contributed by atoms with Crippen LogP contribution in [0.1, 0.15) is 33.6 Å². The Hall–Kier alpha value is -1.40. The van der Waals surface area contributed by atoms with Gasteiger partial charge in [-0.05, 0) is 50.8 Å². The molecule has 2 aliphatic heterocycles. The zero-order valence-electron chi connectivity index (χ0n) is 14.5. The summed E-state index contributed by atoms with van der Waals surface area (Å²) in [6, 6.07) is 2.76. The summed E-state index contributed by atoms with van der Waals surface area (Å²) in [6.07, 6.45) is 4.27. The molecule has 2 saturated heterocycles. The minimum Gasteiger partial charge on any atom is -0.359 e.